The van der Waals surface area contributed by atoms with E-state index in [1.165, 1.54) is 6.07 Å². The zero-order valence-corrected chi connectivity index (χ0v) is 9.26. The predicted octanol–water partition coefficient (Wildman–Crippen LogP) is 3.03. The van der Waals surface area contributed by atoms with Gasteiger partial charge in [0.2, 0.25) is 0 Å². The van der Waals surface area contributed by atoms with Gasteiger partial charge in [-0.15, -0.1) is 12.3 Å². The first-order valence-electron chi connectivity index (χ1n) is 5.30. The normalized spacial score (nSPS) is 12.1. The van der Waals surface area contributed by atoms with Gasteiger partial charge < -0.3 is 5.32 Å². The van der Waals surface area contributed by atoms with E-state index in [1.54, 1.807) is 6.07 Å². The predicted molar refractivity (Wildman–Crippen MR) is 60.8 cm³/mol. The lowest BCUT2D eigenvalue weighted by molar-refractivity contribution is 0.490. The molecule has 1 aromatic carbocycles. The second-order valence-electron chi connectivity index (χ2n) is 3.53. The van der Waals surface area contributed by atoms with Gasteiger partial charge in [-0.25, -0.2) is 8.78 Å². The molecule has 1 rings (SSSR count). The lowest BCUT2D eigenvalue weighted by Crippen LogP contribution is -2.21. The maximum absolute atomic E-state index is 13.1. The van der Waals surface area contributed by atoms with E-state index >= 15 is 0 Å². The maximum atomic E-state index is 13.1. The average molecular weight is 223 g/mol. The molecule has 3 heteroatoms. The number of hydrogen-bond acceptors (Lipinski definition) is 1. The van der Waals surface area contributed by atoms with Crippen LogP contribution in [0.2, 0.25) is 0 Å². The van der Waals surface area contributed by atoms with Gasteiger partial charge in [-0.3, -0.25) is 0 Å². The van der Waals surface area contributed by atoms with Crippen LogP contribution in [0.3, 0.4) is 0 Å². The largest absolute Gasteiger partial charge is 0.310 e. The topological polar surface area (TPSA) is 12.0 Å². The molecule has 0 aliphatic rings. The number of benzene rings is 1. The van der Waals surface area contributed by atoms with Gasteiger partial charge in [0.1, 0.15) is 0 Å². The van der Waals surface area contributed by atoms with E-state index in [-0.39, 0.29) is 6.04 Å². The zero-order valence-electron chi connectivity index (χ0n) is 9.26. The lowest BCUT2D eigenvalue weighted by atomic mass is 10.0. The molecule has 1 aromatic rings. The summed E-state index contributed by atoms with van der Waals surface area (Å²) in [6.45, 7) is 2.72. The van der Waals surface area contributed by atoms with Crippen molar-refractivity contribution < 1.29 is 8.78 Å². The maximum Gasteiger partial charge on any atom is 0.159 e. The molecule has 1 unspecified atom stereocenters. The summed E-state index contributed by atoms with van der Waals surface area (Å²) >= 11 is 0. The Morgan fingerprint density at radius 3 is 2.69 bits per heavy atom. The van der Waals surface area contributed by atoms with Crippen LogP contribution in [-0.4, -0.2) is 6.54 Å². The number of nitrogens with one attached hydrogen (secondary N) is 1. The Kier molecular flexibility index (Phi) is 4.94. The summed E-state index contributed by atoms with van der Waals surface area (Å²) in [5.74, 6) is 0.903. The third-order valence-corrected chi connectivity index (χ3v) is 2.37. The molecule has 1 nitrogen and oxygen atoms in total. The molecule has 1 atom stereocenters. The van der Waals surface area contributed by atoms with E-state index in [4.69, 9.17) is 6.42 Å². The first-order valence-corrected chi connectivity index (χ1v) is 5.30. The van der Waals surface area contributed by atoms with E-state index in [0.717, 1.165) is 24.6 Å². The van der Waals surface area contributed by atoms with Gasteiger partial charge in [0.15, 0.2) is 11.6 Å². The van der Waals surface area contributed by atoms with Gasteiger partial charge in [0.25, 0.3) is 0 Å². The molecule has 0 heterocycles. The number of terminal acetylenes is 1. The van der Waals surface area contributed by atoms with Crippen molar-refractivity contribution in [1.82, 2.24) is 5.32 Å². The summed E-state index contributed by atoms with van der Waals surface area (Å²) in [6.07, 6.45) is 6.52. The Morgan fingerprint density at radius 2 is 2.12 bits per heavy atom. The van der Waals surface area contributed by atoms with E-state index in [1.807, 2.05) is 6.92 Å². The molecule has 0 aliphatic carbocycles. The molecule has 0 spiro atoms. The third kappa shape index (κ3) is 3.32. The SMILES string of the molecule is C#CCCC(NCC)c1ccc(F)c(F)c1. The van der Waals surface area contributed by atoms with Crippen LogP contribution in [0.15, 0.2) is 18.2 Å². The van der Waals surface area contributed by atoms with Crippen molar-refractivity contribution in [3.05, 3.63) is 35.4 Å². The molecular formula is C13H15F2N. The fourth-order valence-electron chi connectivity index (χ4n) is 1.59. The van der Waals surface area contributed by atoms with Gasteiger partial charge >= 0.3 is 0 Å². The molecule has 0 saturated heterocycles. The van der Waals surface area contributed by atoms with E-state index < -0.39 is 11.6 Å². The quantitative estimate of drug-likeness (QED) is 0.756. The second kappa shape index (κ2) is 6.24. The Hall–Kier alpha value is -1.40. The van der Waals surface area contributed by atoms with Crippen molar-refractivity contribution >= 4 is 0 Å². The molecule has 0 radical (unpaired) electrons. The van der Waals surface area contributed by atoms with Crippen molar-refractivity contribution in [1.29, 1.82) is 0 Å². The zero-order chi connectivity index (χ0) is 12.0. The summed E-state index contributed by atoms with van der Waals surface area (Å²) in [6, 6.07) is 3.93. The minimum Gasteiger partial charge on any atom is -0.310 e. The van der Waals surface area contributed by atoms with Crippen LogP contribution in [0.4, 0.5) is 8.78 Å². The first kappa shape index (κ1) is 12.7. The Bertz CT molecular complexity index is 382. The minimum atomic E-state index is -0.823. The molecule has 1 N–H and O–H groups in total. The lowest BCUT2D eigenvalue weighted by Gasteiger charge is -2.17. The first-order chi connectivity index (χ1) is 7.69. The van der Waals surface area contributed by atoms with E-state index in [0.29, 0.717) is 6.42 Å². The monoisotopic (exact) mass is 223 g/mol. The van der Waals surface area contributed by atoms with Gasteiger partial charge in [-0.2, -0.15) is 0 Å². The average Bonchev–Trinajstić information content (AvgIpc) is 2.28. The molecule has 0 bridgehead atoms. The Morgan fingerprint density at radius 1 is 1.38 bits per heavy atom. The molecule has 0 saturated carbocycles. The molecule has 0 aromatic heterocycles. The van der Waals surface area contributed by atoms with Crippen LogP contribution < -0.4 is 5.32 Å². The van der Waals surface area contributed by atoms with Crippen molar-refractivity contribution in [3.63, 3.8) is 0 Å². The molecule has 0 fully saturated rings. The summed E-state index contributed by atoms with van der Waals surface area (Å²) in [4.78, 5) is 0. The Labute approximate surface area is 94.9 Å². The highest BCUT2D eigenvalue weighted by Crippen LogP contribution is 2.20. The summed E-state index contributed by atoms with van der Waals surface area (Å²) in [5, 5.41) is 3.20. The van der Waals surface area contributed by atoms with Crippen molar-refractivity contribution in [3.8, 4) is 12.3 Å². The van der Waals surface area contributed by atoms with Crippen LogP contribution in [0, 0.1) is 24.0 Å². The van der Waals surface area contributed by atoms with Crippen LogP contribution in [-0.2, 0) is 0 Å². The molecule has 0 amide bonds. The smallest absolute Gasteiger partial charge is 0.159 e. The van der Waals surface area contributed by atoms with E-state index in [2.05, 4.69) is 11.2 Å². The highest BCUT2D eigenvalue weighted by Gasteiger charge is 2.11. The number of halogens is 2. The Balaban J connectivity index is 2.83. The standard InChI is InChI=1S/C13H15F2N/c1-3-5-6-13(16-4-2)10-7-8-11(14)12(15)9-10/h1,7-9,13,16H,4-6H2,2H3. The van der Waals surface area contributed by atoms with Crippen molar-refractivity contribution in [2.75, 3.05) is 6.54 Å². The fraction of sp³-hybridized carbons (Fsp3) is 0.385. The summed E-state index contributed by atoms with van der Waals surface area (Å²) in [5.41, 5.74) is 0.732. The van der Waals surface area contributed by atoms with Gasteiger partial charge in [-0.05, 0) is 30.7 Å². The summed E-state index contributed by atoms with van der Waals surface area (Å²) < 4.78 is 25.8. The molecule has 16 heavy (non-hydrogen) atoms. The number of hydrogen-bond donors (Lipinski definition) is 1. The highest BCUT2D eigenvalue weighted by molar-refractivity contribution is 5.21. The highest BCUT2D eigenvalue weighted by atomic mass is 19.2. The van der Waals surface area contributed by atoms with E-state index in [9.17, 15) is 8.78 Å². The van der Waals surface area contributed by atoms with Gasteiger partial charge in [-0.1, -0.05) is 13.0 Å². The molecule has 0 aliphatic heterocycles. The third-order valence-electron chi connectivity index (χ3n) is 2.37. The fourth-order valence-corrected chi connectivity index (χ4v) is 1.59. The van der Waals surface area contributed by atoms with Crippen molar-refractivity contribution in [2.24, 2.45) is 0 Å². The van der Waals surface area contributed by atoms with Crippen LogP contribution in [0.1, 0.15) is 31.4 Å². The van der Waals surface area contributed by atoms with Crippen LogP contribution in [0.25, 0.3) is 0 Å². The summed E-state index contributed by atoms with van der Waals surface area (Å²) in [7, 11) is 0. The van der Waals surface area contributed by atoms with Crippen molar-refractivity contribution in [2.45, 2.75) is 25.8 Å². The molecule has 86 valence electrons. The minimum absolute atomic E-state index is 0.0175. The number of rotatable bonds is 5. The van der Waals surface area contributed by atoms with Gasteiger partial charge in [0.05, 0.1) is 0 Å². The second-order valence-corrected chi connectivity index (χ2v) is 3.53. The van der Waals surface area contributed by atoms with Crippen LogP contribution in [0.5, 0.6) is 0 Å². The molecular weight excluding hydrogens is 208 g/mol. The van der Waals surface area contributed by atoms with Gasteiger partial charge in [0, 0.05) is 12.5 Å². The van der Waals surface area contributed by atoms with Crippen LogP contribution >= 0.6 is 0 Å².